The number of ether oxygens (including phenoxy) is 1. The minimum Gasteiger partial charge on any atom is -0.491 e. The molecule has 0 bridgehead atoms. The van der Waals surface area contributed by atoms with Crippen LogP contribution in [0.2, 0.25) is 0 Å². The third-order valence-corrected chi connectivity index (χ3v) is 5.15. The number of rotatable bonds is 7. The maximum absolute atomic E-state index is 10.1. The number of aryl methyl sites for hydroxylation is 2. The molecule has 1 atom stereocenters. The Labute approximate surface area is 141 Å². The molecule has 23 heavy (non-hydrogen) atoms. The number of likely N-dealkylation sites (N-methyl/N-ethyl adjacent to an activating group) is 1. The zero-order valence-electron chi connectivity index (χ0n) is 13.6. The van der Waals surface area contributed by atoms with Crippen molar-refractivity contribution in [1.82, 2.24) is 9.88 Å². The van der Waals surface area contributed by atoms with Crippen molar-refractivity contribution < 1.29 is 9.84 Å². The van der Waals surface area contributed by atoms with E-state index < -0.39 is 6.10 Å². The van der Waals surface area contributed by atoms with Crippen molar-refractivity contribution in [3.63, 3.8) is 0 Å². The van der Waals surface area contributed by atoms with Crippen molar-refractivity contribution in [3.8, 4) is 5.75 Å². The van der Waals surface area contributed by atoms with Gasteiger partial charge in [0, 0.05) is 11.4 Å². The summed E-state index contributed by atoms with van der Waals surface area (Å²) in [6.45, 7) is 1.68. The Morgan fingerprint density at radius 1 is 1.26 bits per heavy atom. The third kappa shape index (κ3) is 4.77. The lowest BCUT2D eigenvalue weighted by molar-refractivity contribution is 0.0743. The number of para-hydroxylation sites is 1. The zero-order valence-corrected chi connectivity index (χ0v) is 14.4. The summed E-state index contributed by atoms with van der Waals surface area (Å²) >= 11 is 1.84. The minimum atomic E-state index is -0.505. The number of thiazole rings is 1. The number of hydrogen-bond donors (Lipinski definition) is 1. The first-order chi connectivity index (χ1) is 11.2. The van der Waals surface area contributed by atoms with Gasteiger partial charge < -0.3 is 9.84 Å². The summed E-state index contributed by atoms with van der Waals surface area (Å²) in [5.41, 5.74) is 1.30. The van der Waals surface area contributed by atoms with Crippen molar-refractivity contribution in [2.45, 2.75) is 38.3 Å². The molecule has 1 aliphatic carbocycles. The first kappa shape index (κ1) is 16.4. The highest BCUT2D eigenvalue weighted by molar-refractivity contribution is 7.11. The lowest BCUT2D eigenvalue weighted by Crippen LogP contribution is -2.32. The molecule has 1 heterocycles. The summed E-state index contributed by atoms with van der Waals surface area (Å²) in [6, 6.07) is 9.61. The molecular formula is C18H24N2O2S. The molecule has 0 aliphatic heterocycles. The van der Waals surface area contributed by atoms with Gasteiger partial charge in [0.25, 0.3) is 0 Å². The Bertz CT molecular complexity index is 591. The second kappa shape index (κ2) is 7.90. The van der Waals surface area contributed by atoms with Gasteiger partial charge in [-0.15, -0.1) is 11.3 Å². The van der Waals surface area contributed by atoms with Crippen LogP contribution in [0.15, 0.2) is 30.3 Å². The fourth-order valence-corrected chi connectivity index (χ4v) is 4.13. The van der Waals surface area contributed by atoms with E-state index in [0.717, 1.165) is 23.7 Å². The number of aliphatic hydroxyl groups excluding tert-OH is 1. The summed E-state index contributed by atoms with van der Waals surface area (Å²) in [5, 5.41) is 11.3. The summed E-state index contributed by atoms with van der Waals surface area (Å²) in [4.78, 5) is 8.34. The molecule has 0 saturated carbocycles. The molecule has 1 aliphatic rings. The van der Waals surface area contributed by atoms with E-state index in [1.165, 1.54) is 29.8 Å². The summed E-state index contributed by atoms with van der Waals surface area (Å²) in [5.74, 6) is 0.793. The third-order valence-electron chi connectivity index (χ3n) is 4.00. The molecule has 0 saturated heterocycles. The van der Waals surface area contributed by atoms with Gasteiger partial charge >= 0.3 is 0 Å². The van der Waals surface area contributed by atoms with Crippen molar-refractivity contribution >= 4 is 11.3 Å². The molecule has 0 amide bonds. The maximum atomic E-state index is 10.1. The van der Waals surface area contributed by atoms with Crippen LogP contribution in [0.25, 0.3) is 0 Å². The average molecular weight is 332 g/mol. The van der Waals surface area contributed by atoms with Gasteiger partial charge in [-0.2, -0.15) is 0 Å². The number of aliphatic hydroxyl groups is 1. The monoisotopic (exact) mass is 332 g/mol. The van der Waals surface area contributed by atoms with Crippen LogP contribution in [0, 0.1) is 0 Å². The van der Waals surface area contributed by atoms with Gasteiger partial charge in [0.15, 0.2) is 0 Å². The van der Waals surface area contributed by atoms with E-state index in [-0.39, 0.29) is 0 Å². The molecular weight excluding hydrogens is 308 g/mol. The van der Waals surface area contributed by atoms with E-state index in [4.69, 9.17) is 9.72 Å². The zero-order chi connectivity index (χ0) is 16.1. The van der Waals surface area contributed by atoms with E-state index in [9.17, 15) is 5.11 Å². The molecule has 0 fully saturated rings. The molecule has 2 aromatic rings. The number of benzene rings is 1. The maximum Gasteiger partial charge on any atom is 0.119 e. The molecule has 0 spiro atoms. The van der Waals surface area contributed by atoms with Gasteiger partial charge in [0.1, 0.15) is 23.5 Å². The molecule has 0 radical (unpaired) electrons. The van der Waals surface area contributed by atoms with Crippen LogP contribution < -0.4 is 4.74 Å². The van der Waals surface area contributed by atoms with Crippen LogP contribution in [-0.2, 0) is 19.4 Å². The quantitative estimate of drug-likeness (QED) is 0.847. The van der Waals surface area contributed by atoms with E-state index in [1.807, 2.05) is 48.7 Å². The van der Waals surface area contributed by atoms with Gasteiger partial charge in [-0.25, -0.2) is 4.98 Å². The summed E-state index contributed by atoms with van der Waals surface area (Å²) in [6.07, 6.45) is 4.37. The van der Waals surface area contributed by atoms with Gasteiger partial charge in [-0.1, -0.05) is 18.2 Å². The van der Waals surface area contributed by atoms with E-state index in [0.29, 0.717) is 13.2 Å². The first-order valence-electron chi connectivity index (χ1n) is 8.22. The van der Waals surface area contributed by atoms with Crippen LogP contribution in [-0.4, -0.2) is 41.3 Å². The number of nitrogens with zero attached hydrogens (tertiary/aromatic N) is 2. The highest BCUT2D eigenvalue weighted by Gasteiger charge is 2.17. The SMILES string of the molecule is CN(Cc1nc2c(s1)CCCC2)CC(O)COc1ccccc1. The summed E-state index contributed by atoms with van der Waals surface area (Å²) in [7, 11) is 2.02. The molecule has 124 valence electrons. The van der Waals surface area contributed by atoms with Crippen LogP contribution in [0.3, 0.4) is 0 Å². The molecule has 1 aromatic carbocycles. The van der Waals surface area contributed by atoms with Crippen molar-refractivity contribution in [2.75, 3.05) is 20.2 Å². The minimum absolute atomic E-state index is 0.308. The second-order valence-corrected chi connectivity index (χ2v) is 7.33. The average Bonchev–Trinajstić information content (AvgIpc) is 2.96. The first-order valence-corrected chi connectivity index (χ1v) is 9.04. The fraction of sp³-hybridized carbons (Fsp3) is 0.500. The van der Waals surface area contributed by atoms with E-state index in [1.54, 1.807) is 0 Å². The number of hydrogen-bond acceptors (Lipinski definition) is 5. The summed E-state index contributed by atoms with van der Waals surface area (Å²) < 4.78 is 5.60. The Hall–Kier alpha value is -1.43. The molecule has 4 nitrogen and oxygen atoms in total. The fourth-order valence-electron chi connectivity index (χ4n) is 2.89. The van der Waals surface area contributed by atoms with Crippen LogP contribution in [0.5, 0.6) is 5.75 Å². The van der Waals surface area contributed by atoms with Crippen LogP contribution >= 0.6 is 11.3 Å². The highest BCUT2D eigenvalue weighted by Crippen LogP contribution is 2.27. The Morgan fingerprint density at radius 2 is 2.04 bits per heavy atom. The topological polar surface area (TPSA) is 45.6 Å². The van der Waals surface area contributed by atoms with Crippen molar-refractivity contribution in [2.24, 2.45) is 0 Å². The molecule has 5 heteroatoms. The Morgan fingerprint density at radius 3 is 2.83 bits per heavy atom. The van der Waals surface area contributed by atoms with Crippen LogP contribution in [0.1, 0.15) is 28.4 Å². The van der Waals surface area contributed by atoms with Crippen molar-refractivity contribution in [3.05, 3.63) is 45.9 Å². The lowest BCUT2D eigenvalue weighted by Gasteiger charge is -2.19. The number of aromatic nitrogens is 1. The standard InChI is InChI=1S/C18H24N2O2S/c1-20(11-14(21)13-22-15-7-3-2-4-8-15)12-18-19-16-9-5-6-10-17(16)23-18/h2-4,7-8,14,21H,5-6,9-13H2,1H3. The molecule has 1 aromatic heterocycles. The van der Waals surface area contributed by atoms with Gasteiger partial charge in [-0.05, 0) is 44.9 Å². The smallest absolute Gasteiger partial charge is 0.119 e. The van der Waals surface area contributed by atoms with Gasteiger partial charge in [0.2, 0.25) is 0 Å². The van der Waals surface area contributed by atoms with E-state index in [2.05, 4.69) is 4.90 Å². The predicted molar refractivity (Wildman–Crippen MR) is 93.0 cm³/mol. The lowest BCUT2D eigenvalue weighted by atomic mass is 10.0. The predicted octanol–water partition coefficient (Wildman–Crippen LogP) is 2.89. The molecule has 3 rings (SSSR count). The number of fused-ring (bicyclic) bond motifs is 1. The molecule has 1 unspecified atom stereocenters. The Balaban J connectivity index is 1.45. The van der Waals surface area contributed by atoms with Gasteiger partial charge in [0.05, 0.1) is 12.2 Å². The highest BCUT2D eigenvalue weighted by atomic mass is 32.1. The Kier molecular flexibility index (Phi) is 5.65. The second-order valence-electron chi connectivity index (χ2n) is 6.16. The van der Waals surface area contributed by atoms with Gasteiger partial charge in [-0.3, -0.25) is 4.90 Å². The van der Waals surface area contributed by atoms with E-state index >= 15 is 0 Å². The normalized spacial score (nSPS) is 15.4. The largest absolute Gasteiger partial charge is 0.491 e. The van der Waals surface area contributed by atoms with Crippen LogP contribution in [0.4, 0.5) is 0 Å². The molecule has 1 N–H and O–H groups in total. The van der Waals surface area contributed by atoms with Crippen molar-refractivity contribution in [1.29, 1.82) is 0 Å².